The number of fused-ring (bicyclic) bond motifs is 4. The fourth-order valence-corrected chi connectivity index (χ4v) is 9.39. The molecule has 23 nitrogen and oxygen atoms in total. The zero-order valence-electron chi connectivity index (χ0n) is 34.6. The Morgan fingerprint density at radius 3 is 1.81 bits per heavy atom. The van der Waals surface area contributed by atoms with Gasteiger partial charge in [0, 0.05) is 5.92 Å². The highest BCUT2D eigenvalue weighted by Crippen LogP contribution is 2.59. The summed E-state index contributed by atoms with van der Waals surface area (Å²) >= 11 is 0. The van der Waals surface area contributed by atoms with E-state index in [0.717, 1.165) is 6.33 Å². The van der Waals surface area contributed by atoms with Crippen LogP contribution in [-0.4, -0.2) is 108 Å². The minimum absolute atomic E-state index is 0.0174. The highest BCUT2D eigenvalue weighted by atomic mass is 31.2. The predicted octanol–water partition coefficient (Wildman–Crippen LogP) is 4.91. The number of alkyl halides is 2. The first kappa shape index (κ1) is 45.7. The molecule has 2 aliphatic heterocycles. The molecule has 1 aliphatic carbocycles. The van der Waals surface area contributed by atoms with Crippen LogP contribution in [0.1, 0.15) is 73.1 Å². The van der Waals surface area contributed by atoms with Crippen LogP contribution in [0.3, 0.4) is 0 Å². The second-order valence-electron chi connectivity index (χ2n) is 16.1. The van der Waals surface area contributed by atoms with Crippen LogP contribution in [0.4, 0.5) is 20.4 Å². The first-order valence-corrected chi connectivity index (χ1v) is 22.5. The molecule has 6 heterocycles. The molecule has 4 aromatic rings. The van der Waals surface area contributed by atoms with Crippen molar-refractivity contribution in [2.24, 2.45) is 16.7 Å². The van der Waals surface area contributed by atoms with E-state index in [-0.39, 0.29) is 40.4 Å². The maximum absolute atomic E-state index is 17.0. The van der Waals surface area contributed by atoms with Crippen molar-refractivity contribution in [3.8, 4) is 0 Å². The molecule has 1 saturated carbocycles. The summed E-state index contributed by atoms with van der Waals surface area (Å²) in [4.78, 5) is 50.2. The van der Waals surface area contributed by atoms with E-state index in [1.807, 2.05) is 0 Å². The molecule has 340 valence electrons. The van der Waals surface area contributed by atoms with Gasteiger partial charge >= 0.3 is 27.6 Å². The van der Waals surface area contributed by atoms with Gasteiger partial charge in [-0.15, -0.1) is 0 Å². The minimum atomic E-state index is -5.04. The third-order valence-electron chi connectivity index (χ3n) is 11.4. The van der Waals surface area contributed by atoms with Crippen molar-refractivity contribution < 1.29 is 68.9 Å². The number of nitrogens with two attached hydrogens (primary N) is 2. The number of hydrogen-bond acceptors (Lipinski definition) is 21. The van der Waals surface area contributed by atoms with E-state index in [1.165, 1.54) is 28.1 Å². The van der Waals surface area contributed by atoms with Crippen LogP contribution in [0, 0.1) is 16.7 Å². The molecule has 0 spiro atoms. The third-order valence-corrected chi connectivity index (χ3v) is 14.2. The first-order valence-electron chi connectivity index (χ1n) is 19.6. The fraction of sp³-hybridized carbons (Fsp3) is 0.657. The second kappa shape index (κ2) is 17.7. The monoisotopic (exact) mass is 916 g/mol. The summed E-state index contributed by atoms with van der Waals surface area (Å²) in [6.07, 6.45) is -5.88. The van der Waals surface area contributed by atoms with Crippen molar-refractivity contribution in [2.75, 3.05) is 38.3 Å². The third kappa shape index (κ3) is 9.04. The van der Waals surface area contributed by atoms with Crippen LogP contribution < -0.4 is 11.5 Å². The highest BCUT2D eigenvalue weighted by molar-refractivity contribution is 7.48. The van der Waals surface area contributed by atoms with Gasteiger partial charge in [-0.3, -0.25) is 32.3 Å². The van der Waals surface area contributed by atoms with Gasteiger partial charge in [0.15, 0.2) is 35.3 Å². The Hall–Kier alpha value is -4.32. The SMILES string of the molecule is CCC(C)(C)C(=O)OCOP1(=O)OCC2OC(n3cnc4c(N)ncnc43)C(F)C2OP(=O)(OCOC(=O)C(C)(C)CC)OCC2CC(n3cnc4c(N)ncnc43)C(F)C2O1. The molecule has 0 aromatic carbocycles. The molecule has 10 atom stereocenters. The normalized spacial score (nSPS) is 31.0. The van der Waals surface area contributed by atoms with Crippen molar-refractivity contribution in [3.63, 3.8) is 0 Å². The van der Waals surface area contributed by atoms with E-state index >= 15 is 8.78 Å². The molecule has 62 heavy (non-hydrogen) atoms. The van der Waals surface area contributed by atoms with Crippen molar-refractivity contribution in [2.45, 2.75) is 104 Å². The molecule has 10 unspecified atom stereocenters. The first-order chi connectivity index (χ1) is 29.3. The smallest absolute Gasteiger partial charge is 0.437 e. The molecule has 0 radical (unpaired) electrons. The van der Waals surface area contributed by atoms with E-state index in [2.05, 4.69) is 29.9 Å². The number of phosphoric acid groups is 2. The number of halogens is 2. The molecular weight excluding hydrogens is 868 g/mol. The van der Waals surface area contributed by atoms with E-state index in [0.29, 0.717) is 12.8 Å². The number of carbonyl (C=O) groups excluding carboxylic acids is 2. The summed E-state index contributed by atoms with van der Waals surface area (Å²) < 4.78 is 117. The summed E-state index contributed by atoms with van der Waals surface area (Å²) in [6.45, 7) is 6.49. The standard InChI is InChI=1S/C35H48F2N10O13P2/c1-7-34(3,4)32(48)52-16-56-61(50)54-10-18-9-19(46-14-44-23-27(38)40-12-42-29(23)46)21(36)25(18)59-62(51,57-17-53-33(49)35(5,6)8-2)55-11-20-26(60-61)22(37)31(58-20)47-15-45-24-28(39)41-13-43-30(24)47/h12-15,18-22,25-26,31H,7-11,16-17H2,1-6H3,(H2,38,40,42)(H2,39,41,43). The molecule has 3 aliphatic rings. The molecule has 0 bridgehead atoms. The topological polar surface area (TPSA) is 291 Å². The highest BCUT2D eigenvalue weighted by Gasteiger charge is 2.55. The zero-order valence-corrected chi connectivity index (χ0v) is 36.4. The van der Waals surface area contributed by atoms with Crippen molar-refractivity contribution in [3.05, 3.63) is 25.3 Å². The Bertz CT molecular complexity index is 2230. The number of phosphoric ester groups is 2. The Labute approximate surface area is 353 Å². The molecule has 2 saturated heterocycles. The fourth-order valence-electron chi connectivity index (χ4n) is 6.79. The molecule has 27 heteroatoms. The summed E-state index contributed by atoms with van der Waals surface area (Å²) in [6, 6.07) is -1.16. The summed E-state index contributed by atoms with van der Waals surface area (Å²) in [5.74, 6) is -2.58. The van der Waals surface area contributed by atoms with Gasteiger partial charge in [-0.2, -0.15) is 0 Å². The van der Waals surface area contributed by atoms with E-state index < -0.39 is 114 Å². The average molecular weight is 917 g/mol. The lowest BCUT2D eigenvalue weighted by molar-refractivity contribution is -0.162. The van der Waals surface area contributed by atoms with Crippen LogP contribution in [0.5, 0.6) is 0 Å². The maximum Gasteiger partial charge on any atom is 0.478 e. The van der Waals surface area contributed by atoms with Crippen LogP contribution in [0.2, 0.25) is 0 Å². The summed E-state index contributed by atoms with van der Waals surface area (Å²) in [7, 11) is -10.1. The van der Waals surface area contributed by atoms with Gasteiger partial charge in [0.1, 0.15) is 48.2 Å². The van der Waals surface area contributed by atoms with Crippen LogP contribution >= 0.6 is 15.6 Å². The molecule has 3 fully saturated rings. The Balaban J connectivity index is 1.24. The van der Waals surface area contributed by atoms with Crippen molar-refractivity contribution in [1.29, 1.82) is 0 Å². The van der Waals surface area contributed by atoms with E-state index in [1.54, 1.807) is 41.5 Å². The average Bonchev–Trinajstić information content (AvgIpc) is 4.01. The number of esters is 2. The second-order valence-corrected chi connectivity index (χ2v) is 19.4. The number of hydrogen-bond donors (Lipinski definition) is 2. The van der Waals surface area contributed by atoms with Gasteiger partial charge in [-0.25, -0.2) is 56.9 Å². The number of nitrogens with zero attached hydrogens (tertiary/aromatic N) is 8. The quantitative estimate of drug-likeness (QED) is 0.108. The van der Waals surface area contributed by atoms with Crippen LogP contribution in [-0.2, 0) is 60.1 Å². The molecule has 4 aromatic heterocycles. The van der Waals surface area contributed by atoms with Gasteiger partial charge in [0.2, 0.25) is 13.6 Å². The van der Waals surface area contributed by atoms with Gasteiger partial charge in [0.25, 0.3) is 0 Å². The number of imidazole rings is 2. The van der Waals surface area contributed by atoms with Crippen LogP contribution in [0.25, 0.3) is 22.3 Å². The van der Waals surface area contributed by atoms with E-state index in [9.17, 15) is 18.7 Å². The van der Waals surface area contributed by atoms with Gasteiger partial charge in [-0.05, 0) is 47.0 Å². The molecule has 4 N–H and O–H groups in total. The summed E-state index contributed by atoms with van der Waals surface area (Å²) in [5, 5.41) is 0. The number of carbonyl (C=O) groups is 2. The van der Waals surface area contributed by atoms with Crippen molar-refractivity contribution in [1.82, 2.24) is 39.0 Å². The zero-order chi connectivity index (χ0) is 44.8. The lowest BCUT2D eigenvalue weighted by Crippen LogP contribution is -2.36. The molecular formula is C35H48F2N10O13P2. The number of rotatable bonds is 12. The van der Waals surface area contributed by atoms with Gasteiger partial charge < -0.3 is 30.2 Å². The Morgan fingerprint density at radius 1 is 0.758 bits per heavy atom. The largest absolute Gasteiger partial charge is 0.478 e. The Morgan fingerprint density at radius 2 is 1.26 bits per heavy atom. The van der Waals surface area contributed by atoms with Gasteiger partial charge in [0.05, 0.1) is 42.7 Å². The lowest BCUT2D eigenvalue weighted by Gasteiger charge is -2.31. The number of anilines is 2. The van der Waals surface area contributed by atoms with Gasteiger partial charge in [-0.1, -0.05) is 13.8 Å². The predicted molar refractivity (Wildman–Crippen MR) is 209 cm³/mol. The summed E-state index contributed by atoms with van der Waals surface area (Å²) in [5.41, 5.74) is 10.5. The number of ether oxygens (including phenoxy) is 3. The number of nitrogen functional groups attached to an aromatic ring is 2. The maximum atomic E-state index is 17.0. The van der Waals surface area contributed by atoms with Crippen molar-refractivity contribution >= 4 is 61.5 Å². The number of aromatic nitrogens is 8. The molecule has 7 rings (SSSR count). The Kier molecular flexibility index (Phi) is 13.0. The van der Waals surface area contributed by atoms with E-state index in [4.69, 9.17) is 52.8 Å². The molecule has 0 amide bonds. The van der Waals surface area contributed by atoms with Crippen LogP contribution in [0.15, 0.2) is 25.3 Å². The minimum Gasteiger partial charge on any atom is -0.437 e. The lowest BCUT2D eigenvalue weighted by atomic mass is 9.91.